The Hall–Kier alpha value is -1.09. The van der Waals surface area contributed by atoms with Gasteiger partial charge in [-0.3, -0.25) is 0 Å². The van der Waals surface area contributed by atoms with Crippen LogP contribution >= 0.6 is 0 Å². The molecule has 1 saturated carbocycles. The van der Waals surface area contributed by atoms with Gasteiger partial charge in [0.05, 0.1) is 7.11 Å². The first-order valence-corrected chi connectivity index (χ1v) is 8.07. The van der Waals surface area contributed by atoms with Gasteiger partial charge < -0.3 is 10.5 Å². The molecule has 2 rings (SSSR count). The molecule has 21 heavy (non-hydrogen) atoms. The van der Waals surface area contributed by atoms with Gasteiger partial charge in [0.15, 0.2) is 11.6 Å². The lowest BCUT2D eigenvalue weighted by atomic mass is 9.69. The van der Waals surface area contributed by atoms with Crippen LogP contribution in [0.4, 0.5) is 4.39 Å². The first-order valence-electron chi connectivity index (χ1n) is 8.07. The number of methoxy groups -OCH3 is 1. The maximum atomic E-state index is 13.8. The number of halogens is 1. The number of hydrogen-bond donors (Lipinski definition) is 1. The molecular formula is C18H28FNO. The van der Waals surface area contributed by atoms with Gasteiger partial charge in [-0.15, -0.1) is 0 Å². The molecule has 1 aliphatic carbocycles. The van der Waals surface area contributed by atoms with Crippen LogP contribution in [0, 0.1) is 29.5 Å². The summed E-state index contributed by atoms with van der Waals surface area (Å²) in [7, 11) is 1.50. The van der Waals surface area contributed by atoms with E-state index in [9.17, 15) is 4.39 Å². The lowest BCUT2D eigenvalue weighted by Gasteiger charge is -2.37. The highest BCUT2D eigenvalue weighted by molar-refractivity contribution is 5.29. The van der Waals surface area contributed by atoms with Crippen LogP contribution in [0.25, 0.3) is 0 Å². The molecule has 1 fully saturated rings. The second kappa shape index (κ2) is 7.26. The Bertz CT molecular complexity index is 461. The van der Waals surface area contributed by atoms with Crippen LogP contribution < -0.4 is 10.5 Å². The molecule has 1 aromatic carbocycles. The number of nitrogens with two attached hydrogens (primary N) is 1. The van der Waals surface area contributed by atoms with Crippen LogP contribution in [0.3, 0.4) is 0 Å². The Morgan fingerprint density at radius 2 is 2.05 bits per heavy atom. The fourth-order valence-electron chi connectivity index (χ4n) is 3.67. The van der Waals surface area contributed by atoms with E-state index >= 15 is 0 Å². The van der Waals surface area contributed by atoms with Gasteiger partial charge in [0, 0.05) is 0 Å². The predicted molar refractivity (Wildman–Crippen MR) is 84.9 cm³/mol. The summed E-state index contributed by atoms with van der Waals surface area (Å²) < 4.78 is 18.8. The Labute approximate surface area is 127 Å². The molecule has 1 aromatic rings. The number of benzene rings is 1. The molecule has 0 aliphatic heterocycles. The Morgan fingerprint density at radius 1 is 1.29 bits per heavy atom. The second-order valence-electron chi connectivity index (χ2n) is 6.75. The molecule has 0 aromatic heterocycles. The van der Waals surface area contributed by atoms with Crippen molar-refractivity contribution < 1.29 is 9.13 Å². The van der Waals surface area contributed by atoms with Crippen molar-refractivity contribution in [3.05, 3.63) is 29.6 Å². The molecule has 0 spiro atoms. The van der Waals surface area contributed by atoms with E-state index in [-0.39, 0.29) is 5.82 Å². The van der Waals surface area contributed by atoms with E-state index in [4.69, 9.17) is 10.5 Å². The average molecular weight is 293 g/mol. The number of rotatable bonds is 5. The van der Waals surface area contributed by atoms with Crippen molar-refractivity contribution in [1.82, 2.24) is 0 Å². The topological polar surface area (TPSA) is 35.2 Å². The lowest BCUT2D eigenvalue weighted by Crippen LogP contribution is -2.33. The predicted octanol–water partition coefficient (Wildman–Crippen LogP) is 4.02. The highest BCUT2D eigenvalue weighted by Crippen LogP contribution is 2.39. The van der Waals surface area contributed by atoms with Crippen molar-refractivity contribution in [3.63, 3.8) is 0 Å². The van der Waals surface area contributed by atoms with Gasteiger partial charge >= 0.3 is 0 Å². The Balaban J connectivity index is 2.09. The normalized spacial score (nSPS) is 26.1. The SMILES string of the molecule is COc1ccc(CC2CC(C(C)C)CCC2CN)cc1F. The van der Waals surface area contributed by atoms with Gasteiger partial charge in [0.1, 0.15) is 0 Å². The molecule has 1 aliphatic rings. The van der Waals surface area contributed by atoms with Crippen LogP contribution in [0.5, 0.6) is 5.75 Å². The van der Waals surface area contributed by atoms with E-state index in [1.807, 2.05) is 6.07 Å². The van der Waals surface area contributed by atoms with Crippen molar-refractivity contribution in [2.45, 2.75) is 39.5 Å². The molecule has 0 radical (unpaired) electrons. The molecule has 0 amide bonds. The number of ether oxygens (including phenoxy) is 1. The van der Waals surface area contributed by atoms with Gasteiger partial charge in [-0.1, -0.05) is 19.9 Å². The molecule has 2 N–H and O–H groups in total. The van der Waals surface area contributed by atoms with Gasteiger partial charge in [0.25, 0.3) is 0 Å². The van der Waals surface area contributed by atoms with Crippen molar-refractivity contribution in [1.29, 1.82) is 0 Å². The summed E-state index contributed by atoms with van der Waals surface area (Å²) in [6, 6.07) is 5.32. The van der Waals surface area contributed by atoms with E-state index in [1.165, 1.54) is 26.4 Å². The van der Waals surface area contributed by atoms with E-state index in [2.05, 4.69) is 13.8 Å². The first kappa shape index (κ1) is 16.3. The highest BCUT2D eigenvalue weighted by Gasteiger charge is 2.31. The molecule has 0 heterocycles. The molecule has 3 heteroatoms. The maximum absolute atomic E-state index is 13.8. The van der Waals surface area contributed by atoms with Crippen LogP contribution in [0.1, 0.15) is 38.7 Å². The summed E-state index contributed by atoms with van der Waals surface area (Å²) in [6.07, 6.45) is 4.63. The zero-order valence-corrected chi connectivity index (χ0v) is 13.4. The Morgan fingerprint density at radius 3 is 2.62 bits per heavy atom. The summed E-state index contributed by atoms with van der Waals surface area (Å²) in [6.45, 7) is 5.35. The van der Waals surface area contributed by atoms with E-state index < -0.39 is 0 Å². The quantitative estimate of drug-likeness (QED) is 0.889. The van der Waals surface area contributed by atoms with Crippen molar-refractivity contribution in [2.24, 2.45) is 29.4 Å². The minimum absolute atomic E-state index is 0.268. The third-order valence-corrected chi connectivity index (χ3v) is 5.14. The first-order chi connectivity index (χ1) is 10.0. The summed E-state index contributed by atoms with van der Waals surface area (Å²) >= 11 is 0. The fraction of sp³-hybridized carbons (Fsp3) is 0.667. The molecule has 2 nitrogen and oxygen atoms in total. The highest BCUT2D eigenvalue weighted by atomic mass is 19.1. The van der Waals surface area contributed by atoms with Gasteiger partial charge in [-0.25, -0.2) is 4.39 Å². The summed E-state index contributed by atoms with van der Waals surface area (Å²) in [4.78, 5) is 0. The number of hydrogen-bond acceptors (Lipinski definition) is 2. The van der Waals surface area contributed by atoms with Gasteiger partial charge in [-0.05, 0) is 73.6 Å². The zero-order chi connectivity index (χ0) is 15.4. The molecular weight excluding hydrogens is 265 g/mol. The molecule has 118 valence electrons. The standard InChI is InChI=1S/C18H28FNO/c1-12(2)14-5-6-15(11-20)16(10-14)8-13-4-7-18(21-3)17(19)9-13/h4,7,9,12,14-16H,5-6,8,10-11,20H2,1-3H3. The van der Waals surface area contributed by atoms with E-state index in [0.29, 0.717) is 17.6 Å². The van der Waals surface area contributed by atoms with Crippen LogP contribution in [-0.2, 0) is 6.42 Å². The van der Waals surface area contributed by atoms with Crippen LogP contribution in [-0.4, -0.2) is 13.7 Å². The minimum atomic E-state index is -0.268. The zero-order valence-electron chi connectivity index (χ0n) is 13.4. The average Bonchev–Trinajstić information content (AvgIpc) is 2.47. The van der Waals surface area contributed by atoms with Crippen molar-refractivity contribution in [2.75, 3.05) is 13.7 Å². The monoisotopic (exact) mass is 293 g/mol. The smallest absolute Gasteiger partial charge is 0.165 e. The van der Waals surface area contributed by atoms with Crippen molar-refractivity contribution in [3.8, 4) is 5.75 Å². The van der Waals surface area contributed by atoms with E-state index in [1.54, 1.807) is 12.1 Å². The van der Waals surface area contributed by atoms with Gasteiger partial charge in [0.2, 0.25) is 0 Å². The fourth-order valence-corrected chi connectivity index (χ4v) is 3.67. The molecule has 0 bridgehead atoms. The third kappa shape index (κ3) is 3.97. The third-order valence-electron chi connectivity index (χ3n) is 5.14. The molecule has 3 unspecified atom stereocenters. The largest absolute Gasteiger partial charge is 0.494 e. The van der Waals surface area contributed by atoms with E-state index in [0.717, 1.165) is 30.4 Å². The Kier molecular flexibility index (Phi) is 5.63. The second-order valence-corrected chi connectivity index (χ2v) is 6.75. The summed E-state index contributed by atoms with van der Waals surface area (Å²) in [5, 5.41) is 0. The van der Waals surface area contributed by atoms with Crippen LogP contribution in [0.15, 0.2) is 18.2 Å². The minimum Gasteiger partial charge on any atom is -0.494 e. The molecule has 0 saturated heterocycles. The van der Waals surface area contributed by atoms with Crippen LogP contribution in [0.2, 0.25) is 0 Å². The molecule has 3 atom stereocenters. The summed E-state index contributed by atoms with van der Waals surface area (Å²) in [5.74, 6) is 2.70. The van der Waals surface area contributed by atoms with Crippen molar-refractivity contribution >= 4 is 0 Å². The lowest BCUT2D eigenvalue weighted by molar-refractivity contribution is 0.151. The van der Waals surface area contributed by atoms with Gasteiger partial charge in [-0.2, -0.15) is 0 Å². The maximum Gasteiger partial charge on any atom is 0.165 e. The summed E-state index contributed by atoms with van der Waals surface area (Å²) in [5.41, 5.74) is 7.01.